The second-order valence-electron chi connectivity index (χ2n) is 6.31. The van der Waals surface area contributed by atoms with Crippen LogP contribution in [-0.4, -0.2) is 19.5 Å². The molecule has 110 valence electrons. The first-order chi connectivity index (χ1) is 9.33. The van der Waals surface area contributed by atoms with Crippen LogP contribution >= 0.6 is 0 Å². The predicted molar refractivity (Wildman–Crippen MR) is 79.0 cm³/mol. The molecular weight excluding hydrogens is 236 g/mol. The minimum atomic E-state index is -0.165. The summed E-state index contributed by atoms with van der Waals surface area (Å²) in [5.41, 5.74) is 0. The largest absolute Gasteiger partial charge is 0.349 e. The molecule has 1 saturated carbocycles. The van der Waals surface area contributed by atoms with Gasteiger partial charge in [-0.25, -0.2) is 0 Å². The van der Waals surface area contributed by atoms with E-state index in [0.717, 1.165) is 25.0 Å². The molecule has 0 unspecified atom stereocenters. The van der Waals surface area contributed by atoms with Crippen LogP contribution in [0.1, 0.15) is 58.3 Å². The first kappa shape index (κ1) is 15.1. The fourth-order valence-corrected chi connectivity index (χ4v) is 3.57. The molecule has 0 aromatic heterocycles. The van der Waals surface area contributed by atoms with Gasteiger partial charge in [0.05, 0.1) is 13.2 Å². The van der Waals surface area contributed by atoms with Crippen LogP contribution in [0.2, 0.25) is 0 Å². The topological polar surface area (TPSA) is 18.5 Å². The Labute approximate surface area is 118 Å². The Morgan fingerprint density at radius 3 is 2.26 bits per heavy atom. The molecule has 1 aliphatic carbocycles. The van der Waals surface area contributed by atoms with Crippen molar-refractivity contribution in [1.82, 2.24) is 0 Å². The van der Waals surface area contributed by atoms with Crippen molar-refractivity contribution in [2.45, 2.75) is 64.6 Å². The number of ether oxygens (including phenoxy) is 2. The highest BCUT2D eigenvalue weighted by atomic mass is 16.7. The molecule has 19 heavy (non-hydrogen) atoms. The van der Waals surface area contributed by atoms with Crippen LogP contribution in [0.15, 0.2) is 12.7 Å². The lowest BCUT2D eigenvalue weighted by Gasteiger charge is -2.37. The lowest BCUT2D eigenvalue weighted by Crippen LogP contribution is -2.36. The Balaban J connectivity index is 1.64. The highest BCUT2D eigenvalue weighted by Crippen LogP contribution is 2.37. The van der Waals surface area contributed by atoms with Gasteiger partial charge in [0.1, 0.15) is 0 Å². The van der Waals surface area contributed by atoms with Gasteiger partial charge in [-0.2, -0.15) is 0 Å². The second-order valence-corrected chi connectivity index (χ2v) is 6.31. The van der Waals surface area contributed by atoms with Gasteiger partial charge in [0, 0.05) is 5.92 Å². The van der Waals surface area contributed by atoms with E-state index in [1.54, 1.807) is 6.08 Å². The summed E-state index contributed by atoms with van der Waals surface area (Å²) in [5, 5.41) is 0. The maximum atomic E-state index is 5.66. The van der Waals surface area contributed by atoms with Crippen LogP contribution in [0.25, 0.3) is 0 Å². The zero-order valence-corrected chi connectivity index (χ0v) is 12.5. The smallest absolute Gasteiger partial charge is 0.176 e. The normalized spacial score (nSPS) is 36.1. The summed E-state index contributed by atoms with van der Waals surface area (Å²) in [6.45, 7) is 7.73. The molecule has 2 aliphatic rings. The highest BCUT2D eigenvalue weighted by Gasteiger charge is 2.30. The van der Waals surface area contributed by atoms with Crippen LogP contribution in [0.4, 0.5) is 0 Å². The average molecular weight is 266 g/mol. The number of hydrogen-bond acceptors (Lipinski definition) is 2. The predicted octanol–water partition coefficient (Wildman–Crippen LogP) is 4.55. The molecular formula is C17H30O2. The van der Waals surface area contributed by atoms with Gasteiger partial charge in [0.25, 0.3) is 0 Å². The second kappa shape index (κ2) is 8.06. The molecule has 0 spiro atoms. The molecule has 0 bridgehead atoms. The molecule has 0 amide bonds. The van der Waals surface area contributed by atoms with Crippen LogP contribution in [0.5, 0.6) is 0 Å². The highest BCUT2D eigenvalue weighted by molar-refractivity contribution is 4.82. The summed E-state index contributed by atoms with van der Waals surface area (Å²) in [6.07, 6.45) is 12.8. The zero-order valence-electron chi connectivity index (χ0n) is 12.5. The third-order valence-corrected chi connectivity index (χ3v) is 4.92. The van der Waals surface area contributed by atoms with E-state index in [2.05, 4.69) is 13.5 Å². The molecule has 2 fully saturated rings. The number of hydrogen-bond donors (Lipinski definition) is 0. The first-order valence-electron chi connectivity index (χ1n) is 8.19. The average Bonchev–Trinajstić information content (AvgIpc) is 2.48. The lowest BCUT2D eigenvalue weighted by molar-refractivity contribution is -0.185. The summed E-state index contributed by atoms with van der Waals surface area (Å²) in [4.78, 5) is 0. The number of unbranched alkanes of at least 4 members (excludes halogenated alkanes) is 2. The summed E-state index contributed by atoms with van der Waals surface area (Å²) in [6, 6.07) is 0. The molecule has 0 radical (unpaired) electrons. The van der Waals surface area contributed by atoms with E-state index in [9.17, 15) is 0 Å². The Kier molecular flexibility index (Phi) is 6.39. The van der Waals surface area contributed by atoms with Crippen molar-refractivity contribution < 1.29 is 9.47 Å². The maximum absolute atomic E-state index is 5.66. The summed E-state index contributed by atoms with van der Waals surface area (Å²) < 4.78 is 11.3. The zero-order chi connectivity index (χ0) is 13.5. The standard InChI is InChI=1S/C17H30O2/c1-3-5-6-7-14-8-10-15(11-9-14)16-12-18-17(4-2)19-13-16/h4,14-17H,2-3,5-13H2,1H3. The minimum absolute atomic E-state index is 0.165. The van der Waals surface area contributed by atoms with Crippen molar-refractivity contribution in [1.29, 1.82) is 0 Å². The minimum Gasteiger partial charge on any atom is -0.349 e. The Bertz CT molecular complexity index is 248. The fraction of sp³-hybridized carbons (Fsp3) is 0.882. The molecule has 0 aromatic carbocycles. The Hall–Kier alpha value is -0.340. The monoisotopic (exact) mass is 266 g/mol. The van der Waals surface area contributed by atoms with E-state index >= 15 is 0 Å². The molecule has 2 heteroatoms. The van der Waals surface area contributed by atoms with Gasteiger partial charge in [-0.15, -0.1) is 0 Å². The fourth-order valence-electron chi connectivity index (χ4n) is 3.57. The van der Waals surface area contributed by atoms with Gasteiger partial charge in [0.15, 0.2) is 6.29 Å². The Morgan fingerprint density at radius 1 is 1.00 bits per heavy atom. The van der Waals surface area contributed by atoms with Crippen molar-refractivity contribution in [3.8, 4) is 0 Å². The van der Waals surface area contributed by atoms with Gasteiger partial charge >= 0.3 is 0 Å². The van der Waals surface area contributed by atoms with E-state index < -0.39 is 0 Å². The summed E-state index contributed by atoms with van der Waals surface area (Å²) in [5.74, 6) is 2.44. The van der Waals surface area contributed by atoms with Crippen molar-refractivity contribution in [3.63, 3.8) is 0 Å². The van der Waals surface area contributed by atoms with Gasteiger partial charge in [-0.1, -0.05) is 52.0 Å². The summed E-state index contributed by atoms with van der Waals surface area (Å²) >= 11 is 0. The third-order valence-electron chi connectivity index (χ3n) is 4.92. The SMILES string of the molecule is C=CC1OCC(C2CCC(CCCCC)CC2)CO1. The molecule has 1 heterocycles. The van der Waals surface area contributed by atoms with Crippen molar-refractivity contribution in [2.75, 3.05) is 13.2 Å². The van der Waals surface area contributed by atoms with Gasteiger partial charge in [-0.05, 0) is 30.8 Å². The van der Waals surface area contributed by atoms with Gasteiger partial charge in [-0.3, -0.25) is 0 Å². The third kappa shape index (κ3) is 4.61. The van der Waals surface area contributed by atoms with Crippen LogP contribution in [0.3, 0.4) is 0 Å². The maximum Gasteiger partial charge on any atom is 0.176 e. The van der Waals surface area contributed by atoms with E-state index in [1.807, 2.05) is 0 Å². The molecule has 2 nitrogen and oxygen atoms in total. The molecule has 1 aliphatic heterocycles. The van der Waals surface area contributed by atoms with Crippen LogP contribution in [-0.2, 0) is 9.47 Å². The van der Waals surface area contributed by atoms with E-state index in [4.69, 9.17) is 9.47 Å². The van der Waals surface area contributed by atoms with Crippen molar-refractivity contribution in [3.05, 3.63) is 12.7 Å². The molecule has 0 atom stereocenters. The molecule has 0 N–H and O–H groups in total. The first-order valence-corrected chi connectivity index (χ1v) is 8.19. The van der Waals surface area contributed by atoms with E-state index in [0.29, 0.717) is 5.92 Å². The lowest BCUT2D eigenvalue weighted by atomic mass is 9.74. The van der Waals surface area contributed by atoms with Gasteiger partial charge in [0.2, 0.25) is 0 Å². The summed E-state index contributed by atoms with van der Waals surface area (Å²) in [7, 11) is 0. The molecule has 2 rings (SSSR count). The van der Waals surface area contributed by atoms with Crippen LogP contribution < -0.4 is 0 Å². The Morgan fingerprint density at radius 2 is 1.68 bits per heavy atom. The van der Waals surface area contributed by atoms with E-state index in [1.165, 1.54) is 51.4 Å². The molecule has 0 aromatic rings. The van der Waals surface area contributed by atoms with Crippen molar-refractivity contribution in [2.24, 2.45) is 17.8 Å². The quantitative estimate of drug-likeness (QED) is 0.519. The van der Waals surface area contributed by atoms with E-state index in [-0.39, 0.29) is 6.29 Å². The van der Waals surface area contributed by atoms with Crippen LogP contribution in [0, 0.1) is 17.8 Å². The van der Waals surface area contributed by atoms with Crippen molar-refractivity contribution >= 4 is 0 Å². The van der Waals surface area contributed by atoms with Gasteiger partial charge < -0.3 is 9.47 Å². The number of rotatable bonds is 6. The molecule has 1 saturated heterocycles.